The molecule has 0 bridgehead atoms. The SMILES string of the molecule is C/C=C(/N=C\C1=C2Cc3ccccc3C2(c2ccc(-n3c4ccccc4c4ccccc43)cc2)c2ccccc21)c1ccccc1. The Morgan fingerprint density at radius 3 is 1.96 bits per heavy atom. The van der Waals surface area contributed by atoms with Gasteiger partial charge in [-0.1, -0.05) is 133 Å². The Labute approximate surface area is 269 Å². The molecule has 6 aromatic carbocycles. The number of aromatic nitrogens is 1. The summed E-state index contributed by atoms with van der Waals surface area (Å²) in [5.41, 5.74) is 14.7. The van der Waals surface area contributed by atoms with Crippen molar-refractivity contribution in [3.63, 3.8) is 0 Å². The molecule has 1 heterocycles. The Bertz CT molecular complexity index is 2330. The molecule has 2 nitrogen and oxygen atoms in total. The van der Waals surface area contributed by atoms with E-state index in [2.05, 4.69) is 175 Å². The second kappa shape index (κ2) is 10.4. The molecule has 0 saturated carbocycles. The standard InChI is InChI=1S/C44H32N2/c1-2-41(30-14-4-3-5-15-30)45-29-37-34-17-7-11-21-39(34)44(38-20-10-6-16-31(38)28-40(37)44)32-24-26-33(27-25-32)46-42-22-12-8-18-35(42)36-19-9-13-23-43(36)46/h2-27,29H,28H2,1H3/b41-2+,45-29-. The molecule has 0 aliphatic heterocycles. The third-order valence-electron chi connectivity index (χ3n) is 10.0. The molecule has 7 aromatic rings. The van der Waals surface area contributed by atoms with Crippen molar-refractivity contribution in [1.82, 2.24) is 4.57 Å². The summed E-state index contributed by atoms with van der Waals surface area (Å²) in [6, 6.07) is 55.2. The van der Waals surface area contributed by atoms with E-state index >= 15 is 0 Å². The average molecular weight is 589 g/mol. The van der Waals surface area contributed by atoms with Crippen molar-refractivity contribution >= 4 is 39.3 Å². The largest absolute Gasteiger partial charge is 0.309 e. The van der Waals surface area contributed by atoms with Crippen LogP contribution in [-0.2, 0) is 11.8 Å². The molecule has 0 spiro atoms. The van der Waals surface area contributed by atoms with Gasteiger partial charge in [-0.15, -0.1) is 0 Å². The highest BCUT2D eigenvalue weighted by molar-refractivity contribution is 6.17. The Balaban J connectivity index is 1.25. The van der Waals surface area contributed by atoms with E-state index in [9.17, 15) is 0 Å². The van der Waals surface area contributed by atoms with Gasteiger partial charge in [-0.05, 0) is 76.6 Å². The van der Waals surface area contributed by atoms with Crippen molar-refractivity contribution < 1.29 is 0 Å². The normalized spacial score (nSPS) is 17.2. The van der Waals surface area contributed by atoms with E-state index < -0.39 is 0 Å². The summed E-state index contributed by atoms with van der Waals surface area (Å²) in [5.74, 6) is 0. The van der Waals surface area contributed by atoms with E-state index in [0.29, 0.717) is 0 Å². The van der Waals surface area contributed by atoms with E-state index in [1.807, 2.05) is 0 Å². The zero-order valence-corrected chi connectivity index (χ0v) is 25.7. The molecule has 2 aliphatic rings. The van der Waals surface area contributed by atoms with Crippen LogP contribution in [0.5, 0.6) is 0 Å². The van der Waals surface area contributed by atoms with Crippen molar-refractivity contribution in [2.45, 2.75) is 18.8 Å². The van der Waals surface area contributed by atoms with Crippen molar-refractivity contribution in [3.8, 4) is 5.69 Å². The van der Waals surface area contributed by atoms with Gasteiger partial charge in [0.2, 0.25) is 0 Å². The van der Waals surface area contributed by atoms with Gasteiger partial charge in [0.15, 0.2) is 0 Å². The molecule has 2 aliphatic carbocycles. The fourth-order valence-electron chi connectivity index (χ4n) is 8.09. The summed E-state index contributed by atoms with van der Waals surface area (Å²) in [4.78, 5) is 5.12. The molecule has 46 heavy (non-hydrogen) atoms. The second-order valence-corrected chi connectivity index (χ2v) is 12.2. The molecule has 0 N–H and O–H groups in total. The van der Waals surface area contributed by atoms with Crippen LogP contribution in [0.2, 0.25) is 0 Å². The zero-order chi connectivity index (χ0) is 30.7. The number of hydrogen-bond acceptors (Lipinski definition) is 1. The number of hydrogen-bond donors (Lipinski definition) is 0. The first-order valence-corrected chi connectivity index (χ1v) is 16.1. The Morgan fingerprint density at radius 2 is 1.24 bits per heavy atom. The molecule has 0 radical (unpaired) electrons. The Hall–Kier alpha value is -5.73. The predicted octanol–water partition coefficient (Wildman–Crippen LogP) is 10.6. The molecule has 1 atom stereocenters. The van der Waals surface area contributed by atoms with Crippen molar-refractivity contribution in [3.05, 3.63) is 197 Å². The molecule has 0 saturated heterocycles. The summed E-state index contributed by atoms with van der Waals surface area (Å²) < 4.78 is 2.40. The number of aliphatic imine (C=N–C) groups is 1. The Kier molecular flexibility index (Phi) is 6.04. The highest BCUT2D eigenvalue weighted by Gasteiger charge is 2.51. The van der Waals surface area contributed by atoms with Gasteiger partial charge in [-0.2, -0.15) is 0 Å². The fourth-order valence-corrected chi connectivity index (χ4v) is 8.09. The molecule has 0 amide bonds. The molecule has 0 fully saturated rings. The summed E-state index contributed by atoms with van der Waals surface area (Å²) in [5, 5.41) is 2.56. The van der Waals surface area contributed by atoms with Crippen molar-refractivity contribution in [2.24, 2.45) is 4.99 Å². The van der Waals surface area contributed by atoms with Crippen LogP contribution < -0.4 is 0 Å². The van der Waals surface area contributed by atoms with Gasteiger partial charge >= 0.3 is 0 Å². The lowest BCUT2D eigenvalue weighted by atomic mass is 9.70. The number of allylic oxidation sites excluding steroid dienone is 3. The molecule has 1 aromatic heterocycles. The molecule has 1 unspecified atom stereocenters. The predicted molar refractivity (Wildman–Crippen MR) is 193 cm³/mol. The van der Waals surface area contributed by atoms with E-state index in [4.69, 9.17) is 4.99 Å². The fraction of sp³-hybridized carbons (Fsp3) is 0.0682. The highest BCUT2D eigenvalue weighted by atomic mass is 15.0. The number of fused-ring (bicyclic) bond motifs is 8. The topological polar surface area (TPSA) is 17.3 Å². The van der Waals surface area contributed by atoms with E-state index in [1.165, 1.54) is 66.5 Å². The van der Waals surface area contributed by atoms with E-state index in [1.54, 1.807) is 0 Å². The molecule has 2 heteroatoms. The van der Waals surface area contributed by atoms with Gasteiger partial charge in [0.25, 0.3) is 0 Å². The van der Waals surface area contributed by atoms with Crippen LogP contribution in [0.1, 0.15) is 40.3 Å². The lowest BCUT2D eigenvalue weighted by Crippen LogP contribution is -2.26. The first-order chi connectivity index (χ1) is 22.8. The number of para-hydroxylation sites is 2. The summed E-state index contributed by atoms with van der Waals surface area (Å²) in [7, 11) is 0. The van der Waals surface area contributed by atoms with E-state index in [-0.39, 0.29) is 5.41 Å². The maximum Gasteiger partial charge on any atom is 0.0683 e. The van der Waals surface area contributed by atoms with E-state index in [0.717, 1.165) is 17.7 Å². The lowest BCUT2D eigenvalue weighted by Gasteiger charge is -2.31. The third-order valence-corrected chi connectivity index (χ3v) is 10.0. The van der Waals surface area contributed by atoms with Crippen LogP contribution in [0.4, 0.5) is 0 Å². The maximum atomic E-state index is 5.12. The molecule has 9 rings (SSSR count). The van der Waals surface area contributed by atoms with Crippen LogP contribution in [0.15, 0.2) is 168 Å². The second-order valence-electron chi connectivity index (χ2n) is 12.2. The average Bonchev–Trinajstić information content (AvgIpc) is 3.73. The number of rotatable bonds is 5. The third kappa shape index (κ3) is 3.74. The zero-order valence-electron chi connectivity index (χ0n) is 25.7. The minimum atomic E-state index is -0.364. The van der Waals surface area contributed by atoms with Gasteiger partial charge in [-0.3, -0.25) is 4.99 Å². The quantitative estimate of drug-likeness (QED) is 0.178. The molecular weight excluding hydrogens is 556 g/mol. The molecule has 218 valence electrons. The first-order valence-electron chi connectivity index (χ1n) is 16.1. The van der Waals surface area contributed by atoms with Gasteiger partial charge in [0, 0.05) is 28.2 Å². The van der Waals surface area contributed by atoms with Gasteiger partial charge < -0.3 is 4.57 Å². The first kappa shape index (κ1) is 26.7. The van der Waals surface area contributed by atoms with Crippen LogP contribution >= 0.6 is 0 Å². The van der Waals surface area contributed by atoms with Crippen molar-refractivity contribution in [1.29, 1.82) is 0 Å². The van der Waals surface area contributed by atoms with Crippen LogP contribution in [0, 0.1) is 0 Å². The number of benzene rings is 6. The summed E-state index contributed by atoms with van der Waals surface area (Å²) in [6.07, 6.45) is 5.12. The minimum Gasteiger partial charge on any atom is -0.309 e. The highest BCUT2D eigenvalue weighted by Crippen LogP contribution is 2.59. The Morgan fingerprint density at radius 1 is 0.630 bits per heavy atom. The molecular formula is C44H32N2. The minimum absolute atomic E-state index is 0.364. The number of nitrogens with zero attached hydrogens (tertiary/aromatic N) is 2. The summed E-state index contributed by atoms with van der Waals surface area (Å²) in [6.45, 7) is 2.06. The van der Waals surface area contributed by atoms with Gasteiger partial charge in [-0.25, -0.2) is 0 Å². The van der Waals surface area contributed by atoms with Crippen LogP contribution in [0.3, 0.4) is 0 Å². The van der Waals surface area contributed by atoms with Crippen LogP contribution in [-0.4, -0.2) is 10.8 Å². The van der Waals surface area contributed by atoms with Gasteiger partial charge in [0.05, 0.1) is 22.1 Å². The van der Waals surface area contributed by atoms with Crippen LogP contribution in [0.25, 0.3) is 38.8 Å². The van der Waals surface area contributed by atoms with Gasteiger partial charge in [0.1, 0.15) is 0 Å². The van der Waals surface area contributed by atoms with Crippen molar-refractivity contribution in [2.75, 3.05) is 0 Å². The smallest absolute Gasteiger partial charge is 0.0683 e. The summed E-state index contributed by atoms with van der Waals surface area (Å²) >= 11 is 0. The monoisotopic (exact) mass is 588 g/mol. The lowest BCUT2D eigenvalue weighted by molar-refractivity contribution is 0.768. The maximum absolute atomic E-state index is 5.12.